The van der Waals surface area contributed by atoms with Crippen molar-refractivity contribution in [3.8, 4) is 0 Å². The van der Waals surface area contributed by atoms with E-state index in [1.807, 2.05) is 0 Å². The Morgan fingerprint density at radius 3 is 2.06 bits per heavy atom. The highest BCUT2D eigenvalue weighted by molar-refractivity contribution is 5.73. The van der Waals surface area contributed by atoms with Gasteiger partial charge in [0.15, 0.2) is 0 Å². The van der Waals surface area contributed by atoms with Gasteiger partial charge < -0.3 is 10.6 Å². The molecule has 0 aliphatic heterocycles. The summed E-state index contributed by atoms with van der Waals surface area (Å²) in [7, 11) is 0. The van der Waals surface area contributed by atoms with E-state index in [2.05, 4.69) is 38.3 Å². The Morgan fingerprint density at radius 2 is 1.44 bits per heavy atom. The van der Waals surface area contributed by atoms with Crippen LogP contribution < -0.4 is 10.6 Å². The average molecular weight is 256 g/mol. The van der Waals surface area contributed by atoms with Crippen molar-refractivity contribution in [2.75, 3.05) is 13.1 Å². The molecule has 2 N–H and O–H groups in total. The molecule has 0 aliphatic carbocycles. The van der Waals surface area contributed by atoms with Crippen molar-refractivity contribution in [1.82, 2.24) is 10.6 Å². The molecule has 0 rings (SSSR count). The summed E-state index contributed by atoms with van der Waals surface area (Å²) in [6.07, 6.45) is 7.63. The van der Waals surface area contributed by atoms with E-state index >= 15 is 0 Å². The monoisotopic (exact) mass is 256 g/mol. The Labute approximate surface area is 113 Å². The maximum Gasteiger partial charge on any atom is 0.314 e. The summed E-state index contributed by atoms with van der Waals surface area (Å²) >= 11 is 0. The van der Waals surface area contributed by atoms with Crippen molar-refractivity contribution in [3.63, 3.8) is 0 Å². The molecule has 0 aromatic carbocycles. The molecule has 3 nitrogen and oxygen atoms in total. The number of unbranched alkanes of at least 4 members (excludes halogenated alkanes) is 4. The highest BCUT2D eigenvalue weighted by Gasteiger charge is 2.00. The van der Waals surface area contributed by atoms with Crippen molar-refractivity contribution in [3.05, 3.63) is 0 Å². The fourth-order valence-electron chi connectivity index (χ4n) is 1.77. The second-order valence-electron chi connectivity index (χ2n) is 5.98. The molecule has 0 aromatic heterocycles. The first kappa shape index (κ1) is 17.3. The normalized spacial score (nSPS) is 11.0. The van der Waals surface area contributed by atoms with Gasteiger partial charge in [-0.15, -0.1) is 0 Å². The standard InChI is InChI=1S/C15H32N2O/c1-13(2)10-8-6-5-7-9-11-16-15(18)17-12-14(3)4/h13-14H,5-12H2,1-4H3,(H2,16,17,18). The van der Waals surface area contributed by atoms with Crippen LogP contribution in [-0.2, 0) is 0 Å². The molecule has 0 saturated heterocycles. The van der Waals surface area contributed by atoms with E-state index in [1.54, 1.807) is 0 Å². The molecule has 2 amide bonds. The Morgan fingerprint density at radius 1 is 0.833 bits per heavy atom. The first-order valence-electron chi connectivity index (χ1n) is 7.54. The van der Waals surface area contributed by atoms with E-state index in [0.717, 1.165) is 25.4 Å². The molecule has 3 heteroatoms. The maximum absolute atomic E-state index is 11.3. The summed E-state index contributed by atoms with van der Waals surface area (Å²) in [5.41, 5.74) is 0. The highest BCUT2D eigenvalue weighted by atomic mass is 16.2. The summed E-state index contributed by atoms with van der Waals surface area (Å²) < 4.78 is 0. The lowest BCUT2D eigenvalue weighted by atomic mass is 10.0. The number of nitrogens with one attached hydrogen (secondary N) is 2. The fraction of sp³-hybridized carbons (Fsp3) is 0.933. The van der Waals surface area contributed by atoms with E-state index in [9.17, 15) is 4.79 Å². The highest BCUT2D eigenvalue weighted by Crippen LogP contribution is 2.10. The van der Waals surface area contributed by atoms with Gasteiger partial charge in [-0.1, -0.05) is 59.8 Å². The molecule has 0 bridgehead atoms. The van der Waals surface area contributed by atoms with Crippen LogP contribution in [0.2, 0.25) is 0 Å². The van der Waals surface area contributed by atoms with Crippen molar-refractivity contribution in [1.29, 1.82) is 0 Å². The number of hydrogen-bond acceptors (Lipinski definition) is 1. The number of amides is 2. The van der Waals surface area contributed by atoms with Gasteiger partial charge in [0.2, 0.25) is 0 Å². The number of carbonyl (C=O) groups is 1. The molecule has 0 aromatic rings. The van der Waals surface area contributed by atoms with E-state index in [1.165, 1.54) is 32.1 Å². The zero-order chi connectivity index (χ0) is 13.8. The van der Waals surface area contributed by atoms with Crippen LogP contribution in [0, 0.1) is 11.8 Å². The lowest BCUT2D eigenvalue weighted by Crippen LogP contribution is -2.37. The van der Waals surface area contributed by atoms with Gasteiger partial charge in [-0.3, -0.25) is 0 Å². The molecular weight excluding hydrogens is 224 g/mol. The van der Waals surface area contributed by atoms with E-state index in [4.69, 9.17) is 0 Å². The van der Waals surface area contributed by atoms with Crippen LogP contribution in [0.15, 0.2) is 0 Å². The minimum absolute atomic E-state index is 0.0245. The molecule has 0 fully saturated rings. The van der Waals surface area contributed by atoms with Crippen LogP contribution in [0.5, 0.6) is 0 Å². The van der Waals surface area contributed by atoms with Crippen LogP contribution in [0.1, 0.15) is 66.2 Å². The molecule has 0 radical (unpaired) electrons. The van der Waals surface area contributed by atoms with Crippen LogP contribution >= 0.6 is 0 Å². The van der Waals surface area contributed by atoms with Crippen LogP contribution in [0.4, 0.5) is 4.79 Å². The van der Waals surface area contributed by atoms with Crippen LogP contribution in [0.3, 0.4) is 0 Å². The van der Waals surface area contributed by atoms with E-state index < -0.39 is 0 Å². The van der Waals surface area contributed by atoms with Gasteiger partial charge in [-0.25, -0.2) is 4.79 Å². The van der Waals surface area contributed by atoms with Gasteiger partial charge in [0, 0.05) is 13.1 Å². The van der Waals surface area contributed by atoms with Gasteiger partial charge in [0.05, 0.1) is 0 Å². The minimum atomic E-state index is -0.0245. The van der Waals surface area contributed by atoms with Gasteiger partial charge >= 0.3 is 6.03 Å². The molecule has 0 atom stereocenters. The van der Waals surface area contributed by atoms with Crippen molar-refractivity contribution in [2.24, 2.45) is 11.8 Å². The summed E-state index contributed by atoms with van der Waals surface area (Å²) in [6.45, 7) is 10.3. The lowest BCUT2D eigenvalue weighted by Gasteiger charge is -2.09. The molecule has 0 heterocycles. The third-order valence-electron chi connectivity index (χ3n) is 2.91. The van der Waals surface area contributed by atoms with Crippen LogP contribution in [-0.4, -0.2) is 19.1 Å². The predicted molar refractivity (Wildman–Crippen MR) is 78.8 cm³/mol. The minimum Gasteiger partial charge on any atom is -0.338 e. The van der Waals surface area contributed by atoms with Crippen LogP contribution in [0.25, 0.3) is 0 Å². The number of rotatable bonds is 10. The first-order valence-corrected chi connectivity index (χ1v) is 7.54. The molecule has 0 spiro atoms. The zero-order valence-electron chi connectivity index (χ0n) is 12.7. The lowest BCUT2D eigenvalue weighted by molar-refractivity contribution is 0.239. The Bertz CT molecular complexity index is 203. The maximum atomic E-state index is 11.3. The van der Waals surface area contributed by atoms with E-state index in [0.29, 0.717) is 5.92 Å². The molecule has 0 saturated carbocycles. The second-order valence-corrected chi connectivity index (χ2v) is 5.98. The molecular formula is C15H32N2O. The topological polar surface area (TPSA) is 41.1 Å². The first-order chi connectivity index (χ1) is 8.52. The predicted octanol–water partition coefficient (Wildman–Crippen LogP) is 3.94. The van der Waals surface area contributed by atoms with Gasteiger partial charge in [0.1, 0.15) is 0 Å². The summed E-state index contributed by atoms with van der Waals surface area (Å²) in [5.74, 6) is 1.34. The second kappa shape index (κ2) is 11.4. The summed E-state index contributed by atoms with van der Waals surface area (Å²) in [6, 6.07) is -0.0245. The smallest absolute Gasteiger partial charge is 0.314 e. The zero-order valence-corrected chi connectivity index (χ0v) is 12.7. The summed E-state index contributed by atoms with van der Waals surface area (Å²) in [5, 5.41) is 5.75. The average Bonchev–Trinajstić information content (AvgIpc) is 2.29. The third kappa shape index (κ3) is 13.3. The van der Waals surface area contributed by atoms with Crippen molar-refractivity contribution >= 4 is 6.03 Å². The van der Waals surface area contributed by atoms with Crippen molar-refractivity contribution in [2.45, 2.75) is 66.2 Å². The van der Waals surface area contributed by atoms with E-state index in [-0.39, 0.29) is 6.03 Å². The van der Waals surface area contributed by atoms with Gasteiger partial charge in [-0.2, -0.15) is 0 Å². The van der Waals surface area contributed by atoms with Crippen molar-refractivity contribution < 1.29 is 4.79 Å². The SMILES string of the molecule is CC(C)CCCCCCCNC(=O)NCC(C)C. The number of urea groups is 1. The Hall–Kier alpha value is -0.730. The molecule has 0 unspecified atom stereocenters. The fourth-order valence-corrected chi connectivity index (χ4v) is 1.77. The van der Waals surface area contributed by atoms with Gasteiger partial charge in [0.25, 0.3) is 0 Å². The Balaban J connectivity index is 3.17. The largest absolute Gasteiger partial charge is 0.338 e. The van der Waals surface area contributed by atoms with Gasteiger partial charge in [-0.05, 0) is 18.3 Å². The molecule has 108 valence electrons. The quantitative estimate of drug-likeness (QED) is 0.571. The number of carbonyl (C=O) groups excluding carboxylic acids is 1. The Kier molecular flexibility index (Phi) is 10.9. The number of hydrogen-bond donors (Lipinski definition) is 2. The summed E-state index contributed by atoms with van der Waals surface area (Å²) in [4.78, 5) is 11.3. The molecule has 0 aliphatic rings. The third-order valence-corrected chi connectivity index (χ3v) is 2.91. The molecule has 18 heavy (non-hydrogen) atoms.